The van der Waals surface area contributed by atoms with E-state index in [1.54, 1.807) is 10.8 Å². The number of amides is 1. The maximum Gasteiger partial charge on any atom is 0.290 e. The van der Waals surface area contributed by atoms with Crippen molar-refractivity contribution in [3.8, 4) is 11.1 Å². The minimum atomic E-state index is -0.374. The van der Waals surface area contributed by atoms with Crippen molar-refractivity contribution >= 4 is 11.6 Å². The Labute approximate surface area is 146 Å². The Hall–Kier alpha value is -3.01. The number of anilines is 1. The van der Waals surface area contributed by atoms with E-state index in [-0.39, 0.29) is 18.3 Å². The summed E-state index contributed by atoms with van der Waals surface area (Å²) in [5.41, 5.74) is 4.46. The molecule has 0 unspecified atom stereocenters. The highest BCUT2D eigenvalue weighted by Gasteiger charge is 2.15. The molecule has 1 N–H and O–H groups in total. The van der Waals surface area contributed by atoms with Gasteiger partial charge in [-0.1, -0.05) is 48.5 Å². The molecule has 0 radical (unpaired) electrons. The highest BCUT2D eigenvalue weighted by atomic mass is 19.1. The van der Waals surface area contributed by atoms with E-state index in [2.05, 4.69) is 5.32 Å². The van der Waals surface area contributed by atoms with E-state index in [0.29, 0.717) is 0 Å². The molecule has 3 aromatic rings. The number of hydrogen-bond donors (Lipinski definition) is 1. The Morgan fingerprint density at radius 1 is 0.960 bits per heavy atom. The molecule has 0 aliphatic rings. The number of halogens is 1. The van der Waals surface area contributed by atoms with Crippen molar-refractivity contribution in [2.45, 2.75) is 20.4 Å². The quantitative estimate of drug-likeness (QED) is 0.717. The zero-order chi connectivity index (χ0) is 17.8. The van der Waals surface area contributed by atoms with E-state index in [9.17, 15) is 9.18 Å². The summed E-state index contributed by atoms with van der Waals surface area (Å²) in [6, 6.07) is 16.9. The topological polar surface area (TPSA) is 33.0 Å². The van der Waals surface area contributed by atoms with E-state index < -0.39 is 0 Å². The van der Waals surface area contributed by atoms with Gasteiger partial charge in [-0.2, -0.15) is 4.57 Å². The molecular weight excluding hydrogens is 315 g/mol. The van der Waals surface area contributed by atoms with Gasteiger partial charge in [-0.25, -0.2) is 4.39 Å². The minimum absolute atomic E-state index is 0.0470. The molecule has 2 aromatic carbocycles. The first kappa shape index (κ1) is 16.8. The average Bonchev–Trinajstić information content (AvgIpc) is 2.58. The van der Waals surface area contributed by atoms with Gasteiger partial charge in [0.2, 0.25) is 12.7 Å². The van der Waals surface area contributed by atoms with Gasteiger partial charge in [0.1, 0.15) is 0 Å². The molecule has 0 fully saturated rings. The number of para-hydroxylation sites is 1. The summed E-state index contributed by atoms with van der Waals surface area (Å²) in [6.45, 7) is 3.95. The van der Waals surface area contributed by atoms with Crippen LogP contribution in [0.15, 0.2) is 67.0 Å². The maximum absolute atomic E-state index is 14.0. The molecule has 3 nitrogen and oxygen atoms in total. The standard InChI is InChI=1S/C21H19FN2O/c1-15-7-6-8-16(2)21(15)23-20(25)14-24-12-18(11-19(22)13-24)17-9-4-3-5-10-17/h3-13H,14H2,1-2H3/p+1. The number of carbonyl (C=O) groups is 1. The normalized spacial score (nSPS) is 10.5. The highest BCUT2D eigenvalue weighted by Crippen LogP contribution is 2.20. The zero-order valence-corrected chi connectivity index (χ0v) is 14.3. The van der Waals surface area contributed by atoms with Crippen LogP contribution in [-0.4, -0.2) is 5.91 Å². The van der Waals surface area contributed by atoms with Gasteiger partial charge in [-0.05, 0) is 36.6 Å². The summed E-state index contributed by atoms with van der Waals surface area (Å²) in [6.07, 6.45) is 3.11. The number of pyridine rings is 1. The van der Waals surface area contributed by atoms with E-state index in [1.807, 2.05) is 62.4 Å². The lowest BCUT2D eigenvalue weighted by Gasteiger charge is -2.10. The predicted octanol–water partition coefficient (Wildman–Crippen LogP) is 4.04. The number of aromatic nitrogens is 1. The average molecular weight is 335 g/mol. The molecule has 0 spiro atoms. The van der Waals surface area contributed by atoms with E-state index in [1.165, 1.54) is 12.3 Å². The van der Waals surface area contributed by atoms with Crippen LogP contribution in [0.2, 0.25) is 0 Å². The summed E-state index contributed by atoms with van der Waals surface area (Å²) in [5.74, 6) is -0.562. The van der Waals surface area contributed by atoms with Gasteiger partial charge in [-0.3, -0.25) is 4.79 Å². The summed E-state index contributed by atoms with van der Waals surface area (Å²) in [5, 5.41) is 2.92. The van der Waals surface area contributed by atoms with Gasteiger partial charge in [0.05, 0.1) is 0 Å². The molecule has 0 aliphatic carbocycles. The second-order valence-corrected chi connectivity index (χ2v) is 6.10. The van der Waals surface area contributed by atoms with Crippen LogP contribution in [-0.2, 0) is 11.3 Å². The first-order valence-corrected chi connectivity index (χ1v) is 8.14. The molecule has 0 aliphatic heterocycles. The van der Waals surface area contributed by atoms with Crippen LogP contribution in [0.4, 0.5) is 10.1 Å². The van der Waals surface area contributed by atoms with Crippen molar-refractivity contribution in [3.63, 3.8) is 0 Å². The molecule has 0 bridgehead atoms. The molecular formula is C21H20FN2O+. The SMILES string of the molecule is Cc1cccc(C)c1NC(=O)C[n+]1cc(F)cc(-c2ccccc2)c1. The van der Waals surface area contributed by atoms with E-state index >= 15 is 0 Å². The smallest absolute Gasteiger partial charge is 0.290 e. The fourth-order valence-electron chi connectivity index (χ4n) is 2.83. The number of benzene rings is 2. The Bertz CT molecular complexity index is 887. The van der Waals surface area contributed by atoms with Crippen LogP contribution in [0.1, 0.15) is 11.1 Å². The molecule has 4 heteroatoms. The predicted molar refractivity (Wildman–Crippen MR) is 96.6 cm³/mol. The van der Waals surface area contributed by atoms with Gasteiger partial charge >= 0.3 is 0 Å². The number of rotatable bonds is 4. The van der Waals surface area contributed by atoms with Crippen molar-refractivity contribution in [3.05, 3.63) is 83.9 Å². The molecule has 25 heavy (non-hydrogen) atoms. The molecule has 0 saturated heterocycles. The number of hydrogen-bond acceptors (Lipinski definition) is 1. The largest absolute Gasteiger partial charge is 0.320 e. The second-order valence-electron chi connectivity index (χ2n) is 6.10. The molecule has 1 heterocycles. The Kier molecular flexibility index (Phi) is 4.89. The van der Waals surface area contributed by atoms with Crippen molar-refractivity contribution in [1.29, 1.82) is 0 Å². The van der Waals surface area contributed by atoms with Gasteiger partial charge in [0.15, 0.2) is 12.0 Å². The summed E-state index contributed by atoms with van der Waals surface area (Å²) in [7, 11) is 0. The van der Waals surface area contributed by atoms with Gasteiger partial charge in [-0.15, -0.1) is 0 Å². The summed E-state index contributed by atoms with van der Waals surface area (Å²) >= 11 is 0. The third-order valence-electron chi connectivity index (χ3n) is 4.07. The first-order chi connectivity index (χ1) is 12.0. The van der Waals surface area contributed by atoms with Crippen molar-refractivity contribution in [1.82, 2.24) is 0 Å². The second kappa shape index (κ2) is 7.26. The van der Waals surface area contributed by atoms with Crippen LogP contribution >= 0.6 is 0 Å². The number of nitrogens with one attached hydrogen (secondary N) is 1. The maximum atomic E-state index is 14.0. The summed E-state index contributed by atoms with van der Waals surface area (Å²) in [4.78, 5) is 12.4. The molecule has 0 saturated carbocycles. The fourth-order valence-corrected chi connectivity index (χ4v) is 2.83. The first-order valence-electron chi connectivity index (χ1n) is 8.14. The number of carbonyl (C=O) groups excluding carboxylic acids is 1. The molecule has 1 amide bonds. The monoisotopic (exact) mass is 335 g/mol. The molecule has 0 atom stereocenters. The third kappa shape index (κ3) is 4.10. The molecule has 3 rings (SSSR count). The molecule has 126 valence electrons. The zero-order valence-electron chi connectivity index (χ0n) is 14.3. The lowest BCUT2D eigenvalue weighted by Crippen LogP contribution is -2.40. The Morgan fingerprint density at radius 2 is 1.64 bits per heavy atom. The Balaban J connectivity index is 1.81. The lowest BCUT2D eigenvalue weighted by molar-refractivity contribution is -0.685. The molecule has 1 aromatic heterocycles. The highest BCUT2D eigenvalue weighted by molar-refractivity contribution is 5.91. The van der Waals surface area contributed by atoms with Gasteiger partial charge in [0, 0.05) is 11.3 Å². The van der Waals surface area contributed by atoms with Crippen LogP contribution in [0.25, 0.3) is 11.1 Å². The third-order valence-corrected chi connectivity index (χ3v) is 4.07. The van der Waals surface area contributed by atoms with Crippen LogP contribution in [0, 0.1) is 19.7 Å². The van der Waals surface area contributed by atoms with Crippen molar-refractivity contribution in [2.75, 3.05) is 5.32 Å². The van der Waals surface area contributed by atoms with E-state index in [0.717, 1.165) is 27.9 Å². The van der Waals surface area contributed by atoms with Gasteiger partial charge in [0.25, 0.3) is 5.91 Å². The van der Waals surface area contributed by atoms with Crippen LogP contribution in [0.3, 0.4) is 0 Å². The lowest BCUT2D eigenvalue weighted by atomic mass is 10.1. The fraction of sp³-hybridized carbons (Fsp3) is 0.143. The van der Waals surface area contributed by atoms with Crippen molar-refractivity contribution in [2.24, 2.45) is 0 Å². The van der Waals surface area contributed by atoms with Crippen LogP contribution in [0.5, 0.6) is 0 Å². The van der Waals surface area contributed by atoms with Gasteiger partial charge < -0.3 is 5.32 Å². The Morgan fingerprint density at radius 3 is 2.32 bits per heavy atom. The number of nitrogens with zero attached hydrogens (tertiary/aromatic N) is 1. The minimum Gasteiger partial charge on any atom is -0.320 e. The number of aryl methyl sites for hydroxylation is 2. The van der Waals surface area contributed by atoms with E-state index in [4.69, 9.17) is 0 Å². The summed E-state index contributed by atoms with van der Waals surface area (Å²) < 4.78 is 15.5. The van der Waals surface area contributed by atoms with Crippen LogP contribution < -0.4 is 9.88 Å². The van der Waals surface area contributed by atoms with Crippen molar-refractivity contribution < 1.29 is 13.8 Å².